The Morgan fingerprint density at radius 2 is 1.73 bits per heavy atom. The summed E-state index contributed by atoms with van der Waals surface area (Å²) in [6.45, 7) is 0. The molecule has 2 aromatic rings. The first kappa shape index (κ1) is 10.1. The third-order valence-electron chi connectivity index (χ3n) is 2.30. The van der Waals surface area contributed by atoms with Crippen LogP contribution in [0.3, 0.4) is 0 Å². The molecule has 0 saturated heterocycles. The smallest absolute Gasteiger partial charge is 0.0642 e. The molecule has 0 spiro atoms. The highest BCUT2D eigenvalue weighted by atomic mass is 35.5. The van der Waals surface area contributed by atoms with E-state index in [0.717, 1.165) is 16.4 Å². The average Bonchev–Trinajstić information content (AvgIpc) is 2.30. The second-order valence-electron chi connectivity index (χ2n) is 3.27. The topological polar surface area (TPSA) is 3.24 Å². The molecule has 2 rings (SSSR count). The van der Waals surface area contributed by atoms with Crippen molar-refractivity contribution < 1.29 is 0 Å². The number of para-hydroxylation sites is 1. The number of rotatable bonds is 2. The molecule has 1 radical (unpaired) electrons. The van der Waals surface area contributed by atoms with Crippen molar-refractivity contribution in [3.05, 3.63) is 59.6 Å². The molecule has 0 N–H and O–H groups in total. The number of nitrogens with zero attached hydrogens (tertiary/aromatic N) is 1. The lowest BCUT2D eigenvalue weighted by atomic mass is 10.2. The van der Waals surface area contributed by atoms with Gasteiger partial charge in [-0.05, 0) is 30.3 Å². The van der Waals surface area contributed by atoms with Gasteiger partial charge in [0.05, 0.1) is 10.7 Å². The Labute approximate surface area is 94.9 Å². The summed E-state index contributed by atoms with van der Waals surface area (Å²) in [6, 6.07) is 18.6. The monoisotopic (exact) mass is 216 g/mol. The Morgan fingerprint density at radius 1 is 1.07 bits per heavy atom. The molecule has 0 saturated carbocycles. The first-order chi connectivity index (χ1) is 7.29. The first-order valence-electron chi connectivity index (χ1n) is 4.73. The predicted octanol–water partition coefficient (Wildman–Crippen LogP) is 3.91. The van der Waals surface area contributed by atoms with Crippen molar-refractivity contribution in [1.82, 2.24) is 0 Å². The molecule has 1 nitrogen and oxygen atoms in total. The molecule has 0 aromatic heterocycles. The van der Waals surface area contributed by atoms with E-state index in [9.17, 15) is 0 Å². The van der Waals surface area contributed by atoms with Crippen molar-refractivity contribution in [3.8, 4) is 0 Å². The quantitative estimate of drug-likeness (QED) is 0.736. The van der Waals surface area contributed by atoms with E-state index in [1.54, 1.807) is 0 Å². The van der Waals surface area contributed by atoms with Crippen molar-refractivity contribution in [3.63, 3.8) is 0 Å². The number of anilines is 2. The van der Waals surface area contributed by atoms with Gasteiger partial charge in [-0.25, -0.2) is 0 Å². The molecular weight excluding hydrogens is 206 g/mol. The molecule has 0 heterocycles. The van der Waals surface area contributed by atoms with Crippen LogP contribution in [0.5, 0.6) is 0 Å². The van der Waals surface area contributed by atoms with Crippen LogP contribution in [0.2, 0.25) is 5.02 Å². The summed E-state index contributed by atoms with van der Waals surface area (Å²) in [5, 5.41) is 0.757. The second-order valence-corrected chi connectivity index (χ2v) is 3.68. The molecule has 75 valence electrons. The van der Waals surface area contributed by atoms with Gasteiger partial charge in [0.25, 0.3) is 0 Å². The Kier molecular flexibility index (Phi) is 2.93. The van der Waals surface area contributed by atoms with E-state index in [4.69, 9.17) is 11.6 Å². The fourth-order valence-corrected chi connectivity index (χ4v) is 1.73. The Hall–Kier alpha value is -1.47. The molecule has 0 bridgehead atoms. The van der Waals surface area contributed by atoms with E-state index in [-0.39, 0.29) is 0 Å². The Balaban J connectivity index is 2.37. The Bertz CT molecular complexity index is 439. The molecule has 0 aliphatic rings. The van der Waals surface area contributed by atoms with E-state index >= 15 is 0 Å². The number of halogens is 1. The van der Waals surface area contributed by atoms with Gasteiger partial charge in [0.2, 0.25) is 0 Å². The lowest BCUT2D eigenvalue weighted by molar-refractivity contribution is 1.21. The molecule has 0 unspecified atom stereocenters. The van der Waals surface area contributed by atoms with Crippen LogP contribution >= 0.6 is 11.6 Å². The maximum atomic E-state index is 6.12. The van der Waals surface area contributed by atoms with E-state index in [1.807, 2.05) is 55.6 Å². The molecule has 2 aromatic carbocycles. The minimum atomic E-state index is 0.757. The normalized spacial score (nSPS) is 10.0. The predicted molar refractivity (Wildman–Crippen MR) is 64.8 cm³/mol. The van der Waals surface area contributed by atoms with Gasteiger partial charge in [0.1, 0.15) is 0 Å². The van der Waals surface area contributed by atoms with Crippen LogP contribution in [-0.4, -0.2) is 7.05 Å². The van der Waals surface area contributed by atoms with Gasteiger partial charge in [-0.1, -0.05) is 35.9 Å². The number of hydrogen-bond donors (Lipinski definition) is 0. The highest BCUT2D eigenvalue weighted by Crippen LogP contribution is 2.29. The van der Waals surface area contributed by atoms with Crippen LogP contribution in [0.15, 0.2) is 48.5 Å². The summed E-state index contributed by atoms with van der Waals surface area (Å²) in [5.74, 6) is 0. The lowest BCUT2D eigenvalue weighted by Gasteiger charge is -2.20. The highest BCUT2D eigenvalue weighted by Gasteiger charge is 2.05. The zero-order valence-corrected chi connectivity index (χ0v) is 9.20. The van der Waals surface area contributed by atoms with Gasteiger partial charge in [-0.3, -0.25) is 0 Å². The first-order valence-corrected chi connectivity index (χ1v) is 5.11. The van der Waals surface area contributed by atoms with Gasteiger partial charge in [-0.2, -0.15) is 0 Å². The summed E-state index contributed by atoms with van der Waals surface area (Å²) in [4.78, 5) is 2.05. The third-order valence-corrected chi connectivity index (χ3v) is 2.62. The van der Waals surface area contributed by atoms with Crippen molar-refractivity contribution in [1.29, 1.82) is 0 Å². The maximum Gasteiger partial charge on any atom is 0.0642 e. The summed E-state index contributed by atoms with van der Waals surface area (Å²) in [7, 11) is 2.00. The van der Waals surface area contributed by atoms with Crippen molar-refractivity contribution in [2.45, 2.75) is 0 Å². The average molecular weight is 217 g/mol. The molecule has 0 amide bonds. The van der Waals surface area contributed by atoms with E-state index in [0.29, 0.717) is 0 Å². The Morgan fingerprint density at radius 3 is 2.40 bits per heavy atom. The molecule has 0 aliphatic carbocycles. The molecule has 0 fully saturated rings. The third kappa shape index (κ3) is 2.13. The summed E-state index contributed by atoms with van der Waals surface area (Å²) >= 11 is 6.12. The molecule has 2 heteroatoms. The van der Waals surface area contributed by atoms with E-state index in [2.05, 4.69) is 11.0 Å². The number of hydrogen-bond acceptors (Lipinski definition) is 1. The highest BCUT2D eigenvalue weighted by molar-refractivity contribution is 6.33. The zero-order valence-electron chi connectivity index (χ0n) is 8.44. The fraction of sp³-hybridized carbons (Fsp3) is 0.0769. The SMILES string of the molecule is CN(c1cc[c]cc1)c1ccccc1Cl. The zero-order chi connectivity index (χ0) is 10.7. The van der Waals surface area contributed by atoms with Crippen molar-refractivity contribution in [2.24, 2.45) is 0 Å². The van der Waals surface area contributed by atoms with Gasteiger partial charge >= 0.3 is 0 Å². The minimum Gasteiger partial charge on any atom is -0.343 e. The van der Waals surface area contributed by atoms with Crippen LogP contribution < -0.4 is 4.90 Å². The van der Waals surface area contributed by atoms with Crippen LogP contribution in [0, 0.1) is 6.07 Å². The number of benzene rings is 2. The molecule has 0 atom stereocenters. The summed E-state index contributed by atoms with van der Waals surface area (Å²) in [6.07, 6.45) is 0. The van der Waals surface area contributed by atoms with Crippen molar-refractivity contribution in [2.75, 3.05) is 11.9 Å². The standard InChI is InChI=1S/C13H11ClN/c1-15(11-7-3-2-4-8-11)13-10-6-5-9-12(13)14/h3-10H,1H3. The van der Waals surface area contributed by atoms with Crippen molar-refractivity contribution >= 4 is 23.0 Å². The second kappa shape index (κ2) is 4.37. The van der Waals surface area contributed by atoms with E-state index in [1.165, 1.54) is 0 Å². The lowest BCUT2D eigenvalue weighted by Crippen LogP contribution is -2.09. The van der Waals surface area contributed by atoms with Gasteiger partial charge < -0.3 is 4.90 Å². The van der Waals surface area contributed by atoms with Gasteiger partial charge in [0.15, 0.2) is 0 Å². The summed E-state index contributed by atoms with van der Waals surface area (Å²) < 4.78 is 0. The minimum absolute atomic E-state index is 0.757. The van der Waals surface area contributed by atoms with Gasteiger partial charge in [0, 0.05) is 12.7 Å². The van der Waals surface area contributed by atoms with Crippen LogP contribution in [0.1, 0.15) is 0 Å². The molecule has 15 heavy (non-hydrogen) atoms. The molecular formula is C13H11ClN. The van der Waals surface area contributed by atoms with Crippen LogP contribution in [0.25, 0.3) is 0 Å². The molecule has 0 aliphatic heterocycles. The van der Waals surface area contributed by atoms with Crippen LogP contribution in [0.4, 0.5) is 11.4 Å². The maximum absolute atomic E-state index is 6.12. The largest absolute Gasteiger partial charge is 0.343 e. The summed E-state index contributed by atoms with van der Waals surface area (Å²) in [5.41, 5.74) is 2.10. The fourth-order valence-electron chi connectivity index (χ4n) is 1.46. The van der Waals surface area contributed by atoms with Gasteiger partial charge in [-0.15, -0.1) is 0 Å². The van der Waals surface area contributed by atoms with E-state index < -0.39 is 0 Å². The van der Waals surface area contributed by atoms with Crippen LogP contribution in [-0.2, 0) is 0 Å².